The van der Waals surface area contributed by atoms with E-state index in [0.717, 1.165) is 5.69 Å². The van der Waals surface area contributed by atoms with Crippen molar-refractivity contribution in [3.05, 3.63) is 36.0 Å². The second-order valence-corrected chi connectivity index (χ2v) is 5.00. The summed E-state index contributed by atoms with van der Waals surface area (Å²) in [6.07, 6.45) is 4.29. The predicted molar refractivity (Wildman–Crippen MR) is 67.3 cm³/mol. The SMILES string of the molecule is CC(C)(C)c1cc(NC(=O)c2cncnc2)n[nH]1. The maximum Gasteiger partial charge on any atom is 0.260 e. The molecular weight excluding hydrogens is 230 g/mol. The van der Waals surface area contributed by atoms with E-state index >= 15 is 0 Å². The van der Waals surface area contributed by atoms with Crippen LogP contribution in [-0.2, 0) is 5.41 Å². The van der Waals surface area contributed by atoms with E-state index in [9.17, 15) is 4.79 Å². The minimum absolute atomic E-state index is 0.0359. The van der Waals surface area contributed by atoms with Crippen molar-refractivity contribution in [2.45, 2.75) is 26.2 Å². The number of nitrogens with one attached hydrogen (secondary N) is 2. The number of hydrogen-bond donors (Lipinski definition) is 2. The van der Waals surface area contributed by atoms with Crippen LogP contribution in [0.15, 0.2) is 24.8 Å². The zero-order valence-corrected chi connectivity index (χ0v) is 10.6. The van der Waals surface area contributed by atoms with Crippen LogP contribution in [0, 0.1) is 0 Å². The molecule has 0 atom stereocenters. The summed E-state index contributed by atoms with van der Waals surface area (Å²) in [4.78, 5) is 19.4. The Labute approximate surface area is 105 Å². The zero-order chi connectivity index (χ0) is 13.2. The van der Waals surface area contributed by atoms with Crippen LogP contribution in [0.25, 0.3) is 0 Å². The summed E-state index contributed by atoms with van der Waals surface area (Å²) in [5.74, 6) is 0.219. The van der Waals surface area contributed by atoms with Crippen LogP contribution in [0.3, 0.4) is 0 Å². The molecule has 0 unspecified atom stereocenters. The lowest BCUT2D eigenvalue weighted by molar-refractivity contribution is 0.102. The van der Waals surface area contributed by atoms with Gasteiger partial charge in [-0.2, -0.15) is 5.10 Å². The first kappa shape index (κ1) is 12.2. The molecule has 0 saturated carbocycles. The molecule has 6 heteroatoms. The molecule has 0 bridgehead atoms. The van der Waals surface area contributed by atoms with Gasteiger partial charge in [-0.3, -0.25) is 9.89 Å². The van der Waals surface area contributed by atoms with E-state index in [-0.39, 0.29) is 11.3 Å². The molecule has 2 rings (SSSR count). The normalized spacial score (nSPS) is 11.3. The Morgan fingerprint density at radius 2 is 1.94 bits per heavy atom. The first-order chi connectivity index (χ1) is 8.47. The summed E-state index contributed by atoms with van der Waals surface area (Å²) in [7, 11) is 0. The Morgan fingerprint density at radius 1 is 1.28 bits per heavy atom. The molecule has 0 aromatic carbocycles. The Hall–Kier alpha value is -2.24. The minimum Gasteiger partial charge on any atom is -0.305 e. The van der Waals surface area contributed by atoms with Gasteiger partial charge in [0.05, 0.1) is 5.56 Å². The number of anilines is 1. The summed E-state index contributed by atoms with van der Waals surface area (Å²) in [5.41, 5.74) is 1.33. The van der Waals surface area contributed by atoms with Crippen molar-refractivity contribution in [3.63, 3.8) is 0 Å². The highest BCUT2D eigenvalue weighted by molar-refractivity contribution is 6.03. The van der Waals surface area contributed by atoms with Gasteiger partial charge < -0.3 is 5.32 Å². The number of nitrogens with zero attached hydrogens (tertiary/aromatic N) is 3. The van der Waals surface area contributed by atoms with E-state index in [1.807, 2.05) is 6.07 Å². The van der Waals surface area contributed by atoms with Gasteiger partial charge in [0.15, 0.2) is 5.82 Å². The van der Waals surface area contributed by atoms with Gasteiger partial charge in [0, 0.05) is 29.6 Å². The number of carbonyl (C=O) groups excluding carboxylic acids is 1. The van der Waals surface area contributed by atoms with Crippen LogP contribution >= 0.6 is 0 Å². The average molecular weight is 245 g/mol. The Morgan fingerprint density at radius 3 is 2.50 bits per heavy atom. The second-order valence-electron chi connectivity index (χ2n) is 5.00. The summed E-state index contributed by atoms with van der Waals surface area (Å²) < 4.78 is 0. The van der Waals surface area contributed by atoms with Gasteiger partial charge in [-0.05, 0) is 0 Å². The predicted octanol–water partition coefficient (Wildman–Crippen LogP) is 1.75. The standard InChI is InChI=1S/C12H15N5O/c1-12(2,3)9-4-10(17-16-9)15-11(18)8-5-13-7-14-6-8/h4-7H,1-3H3,(H2,15,16,17,18). The number of amides is 1. The van der Waals surface area contributed by atoms with Crippen molar-refractivity contribution < 1.29 is 4.79 Å². The molecule has 0 spiro atoms. The third-order valence-electron chi connectivity index (χ3n) is 2.45. The van der Waals surface area contributed by atoms with E-state index in [0.29, 0.717) is 11.4 Å². The summed E-state index contributed by atoms with van der Waals surface area (Å²) >= 11 is 0. The molecule has 2 aromatic heterocycles. The van der Waals surface area contributed by atoms with Gasteiger partial charge >= 0.3 is 0 Å². The summed E-state index contributed by atoms with van der Waals surface area (Å²) in [6, 6.07) is 1.82. The number of hydrogen-bond acceptors (Lipinski definition) is 4. The molecular formula is C12H15N5O. The molecule has 2 aromatic rings. The van der Waals surface area contributed by atoms with Crippen molar-refractivity contribution in [3.8, 4) is 0 Å². The summed E-state index contributed by atoms with van der Waals surface area (Å²) in [6.45, 7) is 6.20. The number of aromatic nitrogens is 4. The van der Waals surface area contributed by atoms with Crippen LogP contribution in [0.1, 0.15) is 36.8 Å². The maximum atomic E-state index is 11.8. The fourth-order valence-electron chi connectivity index (χ4n) is 1.37. The molecule has 0 saturated heterocycles. The third kappa shape index (κ3) is 2.71. The van der Waals surface area contributed by atoms with Gasteiger partial charge in [0.25, 0.3) is 5.91 Å². The molecule has 1 amide bonds. The van der Waals surface area contributed by atoms with E-state index < -0.39 is 0 Å². The molecule has 0 aliphatic rings. The molecule has 6 nitrogen and oxygen atoms in total. The first-order valence-electron chi connectivity index (χ1n) is 5.59. The Balaban J connectivity index is 2.11. The molecule has 94 valence electrons. The molecule has 2 N–H and O–H groups in total. The monoisotopic (exact) mass is 245 g/mol. The molecule has 0 aliphatic heterocycles. The highest BCUT2D eigenvalue weighted by Crippen LogP contribution is 2.21. The van der Waals surface area contributed by atoms with Crippen LogP contribution in [-0.4, -0.2) is 26.1 Å². The van der Waals surface area contributed by atoms with Gasteiger partial charge in [0.2, 0.25) is 0 Å². The second kappa shape index (κ2) is 4.56. The topological polar surface area (TPSA) is 83.6 Å². The number of H-pyrrole nitrogens is 1. The van der Waals surface area contributed by atoms with Gasteiger partial charge in [0.1, 0.15) is 6.33 Å². The Kier molecular flexibility index (Phi) is 3.10. The van der Waals surface area contributed by atoms with Crippen molar-refractivity contribution >= 4 is 11.7 Å². The molecule has 0 radical (unpaired) electrons. The van der Waals surface area contributed by atoms with E-state index in [1.165, 1.54) is 18.7 Å². The largest absolute Gasteiger partial charge is 0.305 e. The van der Waals surface area contributed by atoms with Gasteiger partial charge in [-0.25, -0.2) is 9.97 Å². The lowest BCUT2D eigenvalue weighted by Crippen LogP contribution is -2.13. The van der Waals surface area contributed by atoms with Crippen LogP contribution in [0.5, 0.6) is 0 Å². The molecule has 18 heavy (non-hydrogen) atoms. The first-order valence-corrected chi connectivity index (χ1v) is 5.59. The van der Waals surface area contributed by atoms with E-state index in [1.54, 1.807) is 0 Å². The quantitative estimate of drug-likeness (QED) is 0.844. The van der Waals surface area contributed by atoms with Gasteiger partial charge in [-0.1, -0.05) is 20.8 Å². The average Bonchev–Trinajstić information content (AvgIpc) is 2.78. The number of rotatable bonds is 2. The maximum absolute atomic E-state index is 11.8. The van der Waals surface area contributed by atoms with E-state index in [2.05, 4.69) is 46.3 Å². The zero-order valence-electron chi connectivity index (χ0n) is 10.6. The summed E-state index contributed by atoms with van der Waals surface area (Å²) in [5, 5.41) is 9.65. The molecule has 0 fully saturated rings. The van der Waals surface area contributed by atoms with Crippen molar-refractivity contribution in [2.24, 2.45) is 0 Å². The lowest BCUT2D eigenvalue weighted by atomic mass is 9.92. The number of carbonyl (C=O) groups is 1. The number of aromatic amines is 1. The smallest absolute Gasteiger partial charge is 0.260 e. The molecule has 0 aliphatic carbocycles. The van der Waals surface area contributed by atoms with E-state index in [4.69, 9.17) is 0 Å². The van der Waals surface area contributed by atoms with Crippen LogP contribution < -0.4 is 5.32 Å². The highest BCUT2D eigenvalue weighted by atomic mass is 16.1. The van der Waals surface area contributed by atoms with Crippen LogP contribution in [0.2, 0.25) is 0 Å². The third-order valence-corrected chi connectivity index (χ3v) is 2.45. The molecule has 2 heterocycles. The van der Waals surface area contributed by atoms with Crippen molar-refractivity contribution in [2.75, 3.05) is 5.32 Å². The van der Waals surface area contributed by atoms with Crippen LogP contribution in [0.4, 0.5) is 5.82 Å². The minimum atomic E-state index is -0.275. The fraction of sp³-hybridized carbons (Fsp3) is 0.333. The van der Waals surface area contributed by atoms with Crippen molar-refractivity contribution in [1.82, 2.24) is 20.2 Å². The van der Waals surface area contributed by atoms with Crippen molar-refractivity contribution in [1.29, 1.82) is 0 Å². The highest BCUT2D eigenvalue weighted by Gasteiger charge is 2.17. The van der Waals surface area contributed by atoms with Gasteiger partial charge in [-0.15, -0.1) is 0 Å². The Bertz CT molecular complexity index is 541. The lowest BCUT2D eigenvalue weighted by Gasteiger charge is -2.14. The fourth-order valence-corrected chi connectivity index (χ4v) is 1.37.